The number of carbonyl (C=O) groups is 3. The third kappa shape index (κ3) is 14.5. The topological polar surface area (TPSA) is 221 Å². The molecule has 0 amide bonds. The first kappa shape index (κ1) is 37.9. The van der Waals surface area contributed by atoms with E-state index in [1.165, 1.54) is 28.3 Å². The van der Waals surface area contributed by atoms with Gasteiger partial charge in [0, 0.05) is 39.1 Å². The number of rotatable bonds is 12. The van der Waals surface area contributed by atoms with Gasteiger partial charge in [0.15, 0.2) is 6.35 Å². The molecule has 1 aliphatic rings. The predicted molar refractivity (Wildman–Crippen MR) is 139 cm³/mol. The van der Waals surface area contributed by atoms with Crippen molar-refractivity contribution < 1.29 is 61.4 Å². The van der Waals surface area contributed by atoms with Crippen molar-refractivity contribution >= 4 is 48.8 Å². The Kier molecular flexibility index (Phi) is 17.8. The van der Waals surface area contributed by atoms with Crippen LogP contribution in [0.1, 0.15) is 13.8 Å². The van der Waals surface area contributed by atoms with E-state index in [1.54, 1.807) is 13.6 Å². The smallest absolute Gasteiger partial charge is 0.362 e. The molecule has 3 atom stereocenters. The molecule has 0 bridgehead atoms. The molecule has 0 saturated heterocycles. The van der Waals surface area contributed by atoms with Crippen LogP contribution in [0.3, 0.4) is 0 Å². The molecule has 0 aromatic carbocycles. The fourth-order valence-corrected chi connectivity index (χ4v) is 11.8. The molecule has 37 heavy (non-hydrogen) atoms. The minimum Gasteiger partial charge on any atom is -0.460 e. The summed E-state index contributed by atoms with van der Waals surface area (Å²) < 4.78 is 54.3. The Morgan fingerprint density at radius 2 is 1.38 bits per heavy atom. The van der Waals surface area contributed by atoms with E-state index in [0.717, 1.165) is 0 Å². The van der Waals surface area contributed by atoms with E-state index in [9.17, 15) is 19.3 Å². The predicted octanol–water partition coefficient (Wildman–Crippen LogP) is 3.72. The first-order chi connectivity index (χ1) is 17.0. The second-order valence-electron chi connectivity index (χ2n) is 6.70. The zero-order chi connectivity index (χ0) is 29.5. The molecule has 1 aliphatic heterocycles. The van der Waals surface area contributed by atoms with Crippen LogP contribution in [0.25, 0.3) is 0 Å². The van der Waals surface area contributed by atoms with Gasteiger partial charge in [0.2, 0.25) is 14.9 Å². The molecule has 0 spiro atoms. The summed E-state index contributed by atoms with van der Waals surface area (Å²) in [5.74, 6) is -1.31. The first-order valence-corrected chi connectivity index (χ1v) is 17.0. The maximum Gasteiger partial charge on any atom is 0.362 e. The lowest BCUT2D eigenvalue weighted by atomic mass is 10.4. The van der Waals surface area contributed by atoms with E-state index >= 15 is 0 Å². The van der Waals surface area contributed by atoms with Crippen LogP contribution in [-0.4, -0.2) is 87.5 Å². The zero-order valence-electron chi connectivity index (χ0n) is 21.5. The van der Waals surface area contributed by atoms with Crippen LogP contribution in [0, 0.1) is 0 Å². The quantitative estimate of drug-likeness (QED) is 0.124. The molecule has 0 fully saturated rings. The Morgan fingerprint density at radius 1 is 0.865 bits per heavy atom. The van der Waals surface area contributed by atoms with Crippen LogP contribution in [0.5, 0.6) is 0 Å². The molecule has 16 nitrogen and oxygen atoms in total. The number of nitrogens with zero attached hydrogens (tertiary/aromatic N) is 3. The van der Waals surface area contributed by atoms with Gasteiger partial charge in [-0.1, -0.05) is 13.2 Å². The molecular weight excluding hydrogens is 578 g/mol. The minimum absolute atomic E-state index is 0.00644. The molecule has 3 unspecified atom stereocenters. The Hall–Kier alpha value is -1.27. The van der Waals surface area contributed by atoms with E-state index in [4.69, 9.17) is 37.4 Å². The van der Waals surface area contributed by atoms with Crippen molar-refractivity contribution in [3.05, 3.63) is 24.3 Å². The van der Waals surface area contributed by atoms with Crippen LogP contribution >= 0.6 is 30.1 Å². The summed E-state index contributed by atoms with van der Waals surface area (Å²) in [7, 11) is -8.61. The van der Waals surface area contributed by atoms with Gasteiger partial charge < -0.3 is 47.3 Å². The fraction of sp³-hybridized carbons (Fsp3) is 0.588. The van der Waals surface area contributed by atoms with E-state index in [1.807, 2.05) is 6.79 Å². The first-order valence-electron chi connectivity index (χ1n) is 9.81. The lowest BCUT2D eigenvalue weighted by Crippen LogP contribution is -2.10. The highest BCUT2D eigenvalue weighted by Gasteiger charge is 2.36. The monoisotopic (exact) mass is 613 g/mol. The molecule has 1 heterocycles. The van der Waals surface area contributed by atoms with Gasteiger partial charge in [-0.3, -0.25) is 4.57 Å². The Bertz CT molecular complexity index is 1030. The molecule has 0 aromatic heterocycles. The van der Waals surface area contributed by atoms with E-state index < -0.39 is 54.8 Å². The fourth-order valence-electron chi connectivity index (χ4n) is 1.82. The average molecular weight is 613 g/mol. The van der Waals surface area contributed by atoms with Crippen molar-refractivity contribution in [3.8, 4) is 0 Å². The van der Waals surface area contributed by atoms with Crippen LogP contribution in [0.2, 0.25) is 0 Å². The van der Waals surface area contributed by atoms with Crippen molar-refractivity contribution in [1.82, 2.24) is 0 Å². The van der Waals surface area contributed by atoms with Crippen molar-refractivity contribution in [2.75, 3.05) is 53.9 Å². The second kappa shape index (κ2) is 17.3. The number of carbonyl (C=O) groups excluding carboxylic acids is 3. The van der Waals surface area contributed by atoms with Crippen molar-refractivity contribution in [2.24, 2.45) is 13.5 Å². The zero-order valence-corrected chi connectivity index (χ0v) is 25.1. The number of ether oxygens (including phenoxy) is 2. The Balaban J connectivity index is 0. The highest BCUT2D eigenvalue weighted by Crippen LogP contribution is 2.78. The van der Waals surface area contributed by atoms with E-state index in [2.05, 4.69) is 31.4 Å². The van der Waals surface area contributed by atoms with Crippen LogP contribution in [0.4, 0.5) is 0 Å². The molecule has 20 heteroatoms. The number of aliphatic hydroxyl groups excluding tert-OH is 1. The molecule has 0 radical (unpaired) electrons. The maximum absolute atomic E-state index is 11.4. The summed E-state index contributed by atoms with van der Waals surface area (Å²) >= 11 is 0. The normalized spacial score (nSPS) is 24.2. The largest absolute Gasteiger partial charge is 0.460 e. The Labute approximate surface area is 216 Å². The van der Waals surface area contributed by atoms with Gasteiger partial charge >= 0.3 is 27.2 Å². The lowest BCUT2D eigenvalue weighted by Gasteiger charge is -2.30. The van der Waals surface area contributed by atoms with Gasteiger partial charge in [0.25, 0.3) is 0 Å². The number of hydrogen-bond acceptors (Lipinski definition) is 14. The van der Waals surface area contributed by atoms with E-state index in [-0.39, 0.29) is 18.8 Å². The number of esters is 2. The highest BCUT2D eigenvalue weighted by atomic mass is 31.3. The molecule has 3 N–H and O–H groups in total. The molecule has 0 aromatic rings. The van der Waals surface area contributed by atoms with Crippen molar-refractivity contribution in [3.63, 3.8) is 0 Å². The second-order valence-corrected chi connectivity index (χ2v) is 16.1. The van der Waals surface area contributed by atoms with Crippen molar-refractivity contribution in [2.45, 2.75) is 13.8 Å². The SMILES string of the molecule is C=C(C)C(=O)OCCOP1(OC)=NP(CO)(OC)=NP(C)(OC)=N1.C=C(C)C(=O)OCP(=O)(O)O.C=O. The summed E-state index contributed by atoms with van der Waals surface area (Å²) in [6.07, 6.45) is -1.30. The summed E-state index contributed by atoms with van der Waals surface area (Å²) in [6, 6.07) is 0. The van der Waals surface area contributed by atoms with Crippen LogP contribution in [-0.2, 0) is 46.5 Å². The summed E-state index contributed by atoms with van der Waals surface area (Å²) in [5.41, 5.74) is 0.401. The highest BCUT2D eigenvalue weighted by molar-refractivity contribution is 7.81. The minimum atomic E-state index is -4.24. The molecule has 0 aliphatic carbocycles. The van der Waals surface area contributed by atoms with Gasteiger partial charge in [-0.15, -0.1) is 0 Å². The molecule has 1 rings (SSSR count). The maximum atomic E-state index is 11.4. The van der Waals surface area contributed by atoms with Crippen LogP contribution < -0.4 is 0 Å². The van der Waals surface area contributed by atoms with E-state index in [0.29, 0.717) is 5.57 Å². The van der Waals surface area contributed by atoms with Crippen LogP contribution in [0.15, 0.2) is 37.9 Å². The number of hydrogen-bond donors (Lipinski definition) is 3. The summed E-state index contributed by atoms with van der Waals surface area (Å²) in [5, 5.41) is 9.69. The lowest BCUT2D eigenvalue weighted by molar-refractivity contribution is -0.139. The van der Waals surface area contributed by atoms with Crippen molar-refractivity contribution in [1.29, 1.82) is 0 Å². The standard InChI is InChI=1S/C11H24N3O7P3.C5H9O5P.CH2O/c1-10(2)11(16)20-7-8-21-24(19-5)13-22(6,17-3)12-23(9-15,14-24)18-4;1-4(2)5(6)10-3-11(7,8)9;1-2/h15H,1,7-9H2,2-6H3;1,3H2,2H3,(H2,7,8,9);1H2. The van der Waals surface area contributed by atoms with Gasteiger partial charge in [0.05, 0.1) is 6.61 Å². The summed E-state index contributed by atoms with van der Waals surface area (Å²) in [6.45, 7) is 13.3. The third-order valence-corrected chi connectivity index (χ3v) is 13.3. The van der Waals surface area contributed by atoms with Gasteiger partial charge in [0.1, 0.15) is 19.7 Å². The molecule has 216 valence electrons. The van der Waals surface area contributed by atoms with Gasteiger partial charge in [-0.05, 0) is 13.8 Å². The molecule has 0 saturated carbocycles. The number of aliphatic hydroxyl groups is 1. The van der Waals surface area contributed by atoms with Gasteiger partial charge in [-0.2, -0.15) is 13.5 Å². The Morgan fingerprint density at radius 3 is 1.76 bits per heavy atom. The average Bonchev–Trinajstić information content (AvgIpc) is 2.85. The van der Waals surface area contributed by atoms with Gasteiger partial charge in [-0.25, -0.2) is 9.59 Å². The summed E-state index contributed by atoms with van der Waals surface area (Å²) in [4.78, 5) is 46.4. The third-order valence-electron chi connectivity index (χ3n) is 3.53. The molecular formula is C17H35N3O13P4.